The van der Waals surface area contributed by atoms with Gasteiger partial charge in [-0.1, -0.05) is 23.4 Å². The summed E-state index contributed by atoms with van der Waals surface area (Å²) in [4.78, 5) is 25.9. The molecule has 1 N–H and O–H groups in total. The molecule has 0 bridgehead atoms. The van der Waals surface area contributed by atoms with Crippen LogP contribution in [0.1, 0.15) is 40.5 Å². The van der Waals surface area contributed by atoms with E-state index < -0.39 is 17.2 Å². The summed E-state index contributed by atoms with van der Waals surface area (Å²) >= 11 is 8.06. The van der Waals surface area contributed by atoms with Crippen LogP contribution < -0.4 is 4.90 Å². The number of carbonyl (C=O) groups is 1. The number of piperidine rings is 1. The summed E-state index contributed by atoms with van der Waals surface area (Å²) in [6, 6.07) is 3.90. The highest BCUT2D eigenvalue weighted by Gasteiger charge is 2.44. The van der Waals surface area contributed by atoms with Crippen LogP contribution in [0.2, 0.25) is 5.02 Å². The number of aryl methyl sites for hydroxylation is 1. The fourth-order valence-electron chi connectivity index (χ4n) is 4.64. The third-order valence-electron chi connectivity index (χ3n) is 6.10. The lowest BCUT2D eigenvalue weighted by Crippen LogP contribution is -2.61. The Balaban J connectivity index is 1.44. The number of rotatable bonds is 4. The zero-order chi connectivity index (χ0) is 24.0. The van der Waals surface area contributed by atoms with Gasteiger partial charge in [-0.25, -0.2) is 14.8 Å². The van der Waals surface area contributed by atoms with Crippen LogP contribution in [0.3, 0.4) is 0 Å². The lowest BCUT2D eigenvalue weighted by Gasteiger charge is -2.51. The van der Waals surface area contributed by atoms with Gasteiger partial charge < -0.3 is 10.0 Å². The number of carboxylic acid groups (broad SMARTS) is 1. The summed E-state index contributed by atoms with van der Waals surface area (Å²) in [6.07, 6.45) is 6.04. The van der Waals surface area contributed by atoms with Crippen molar-refractivity contribution in [1.82, 2.24) is 24.6 Å². The SMILES string of the molecule is Cn1cc2c(Cl)c(Sc3cnc(N4CCC(C)(N(C(=O)O)C(C)(C)C)CC4)cn3)ccc2n1. The standard InChI is InChI=1S/C23H29ClN6O2S/c1-22(2,3)30(21(31)32)23(4)8-10-29(11-9-23)18-12-26-19(13-25-18)33-17-7-6-16-15(20(17)24)14-28(5)27-16/h6-7,12-14H,8-11H2,1-5H3,(H,31,32). The molecule has 3 heterocycles. The summed E-state index contributed by atoms with van der Waals surface area (Å²) in [7, 11) is 1.87. The van der Waals surface area contributed by atoms with Gasteiger partial charge in [-0.3, -0.25) is 9.58 Å². The molecule has 1 amide bonds. The van der Waals surface area contributed by atoms with Gasteiger partial charge in [0.2, 0.25) is 0 Å². The maximum Gasteiger partial charge on any atom is 0.408 e. The van der Waals surface area contributed by atoms with Gasteiger partial charge in [0.05, 0.1) is 22.9 Å². The molecule has 176 valence electrons. The van der Waals surface area contributed by atoms with Crippen LogP contribution in [0.25, 0.3) is 10.9 Å². The highest BCUT2D eigenvalue weighted by Crippen LogP contribution is 2.38. The maximum absolute atomic E-state index is 12.0. The summed E-state index contributed by atoms with van der Waals surface area (Å²) in [5.74, 6) is 0.799. The maximum atomic E-state index is 12.0. The monoisotopic (exact) mass is 488 g/mol. The Hall–Kier alpha value is -2.52. The summed E-state index contributed by atoms with van der Waals surface area (Å²) in [6.45, 7) is 9.32. The molecule has 1 aliphatic rings. The van der Waals surface area contributed by atoms with Gasteiger partial charge >= 0.3 is 6.09 Å². The Morgan fingerprint density at radius 1 is 1.21 bits per heavy atom. The van der Waals surface area contributed by atoms with E-state index in [0.29, 0.717) is 5.02 Å². The molecule has 4 rings (SSSR count). The van der Waals surface area contributed by atoms with Crippen molar-refractivity contribution in [1.29, 1.82) is 0 Å². The quantitative estimate of drug-likeness (QED) is 0.532. The molecule has 33 heavy (non-hydrogen) atoms. The van der Waals surface area contributed by atoms with Gasteiger partial charge in [0.25, 0.3) is 0 Å². The molecule has 0 unspecified atom stereocenters. The first-order valence-corrected chi connectivity index (χ1v) is 12.1. The van der Waals surface area contributed by atoms with Crippen molar-refractivity contribution in [3.05, 3.63) is 35.7 Å². The predicted octanol–water partition coefficient (Wildman–Crippen LogP) is 5.31. The van der Waals surface area contributed by atoms with E-state index in [1.807, 2.05) is 53.1 Å². The van der Waals surface area contributed by atoms with Crippen molar-refractivity contribution >= 4 is 46.2 Å². The fraction of sp³-hybridized carbons (Fsp3) is 0.478. The number of aromatic nitrogens is 4. The summed E-state index contributed by atoms with van der Waals surface area (Å²) < 4.78 is 1.75. The second kappa shape index (κ2) is 8.68. The minimum Gasteiger partial charge on any atom is -0.465 e. The smallest absolute Gasteiger partial charge is 0.408 e. The van der Waals surface area contributed by atoms with Crippen LogP contribution in [0.5, 0.6) is 0 Å². The second-order valence-corrected chi connectivity index (χ2v) is 11.1. The summed E-state index contributed by atoms with van der Waals surface area (Å²) in [5.41, 5.74) is -0.00849. The normalized spacial score (nSPS) is 16.2. The minimum atomic E-state index is -0.872. The van der Waals surface area contributed by atoms with E-state index in [-0.39, 0.29) is 0 Å². The molecule has 0 atom stereocenters. The van der Waals surface area contributed by atoms with Crippen molar-refractivity contribution in [2.45, 2.75) is 61.5 Å². The van der Waals surface area contributed by atoms with Crippen molar-refractivity contribution < 1.29 is 9.90 Å². The Labute approximate surface area is 202 Å². The third kappa shape index (κ3) is 4.75. The number of halogens is 1. The van der Waals surface area contributed by atoms with Gasteiger partial charge in [0.1, 0.15) is 10.8 Å². The van der Waals surface area contributed by atoms with Crippen LogP contribution in [0.15, 0.2) is 40.6 Å². The molecular weight excluding hydrogens is 460 g/mol. The Morgan fingerprint density at radius 3 is 2.48 bits per heavy atom. The van der Waals surface area contributed by atoms with Crippen LogP contribution >= 0.6 is 23.4 Å². The minimum absolute atomic E-state index is 0.411. The van der Waals surface area contributed by atoms with E-state index in [2.05, 4.69) is 20.0 Å². The average Bonchev–Trinajstić information content (AvgIpc) is 3.11. The van der Waals surface area contributed by atoms with E-state index in [0.717, 1.165) is 52.6 Å². The molecule has 3 aromatic rings. The number of amides is 1. The highest BCUT2D eigenvalue weighted by atomic mass is 35.5. The molecule has 0 aliphatic carbocycles. The largest absolute Gasteiger partial charge is 0.465 e. The van der Waals surface area contributed by atoms with Gasteiger partial charge in [-0.15, -0.1) is 0 Å². The molecule has 0 radical (unpaired) electrons. The van der Waals surface area contributed by atoms with Gasteiger partial charge in [0.15, 0.2) is 0 Å². The van der Waals surface area contributed by atoms with Crippen molar-refractivity contribution in [3.8, 4) is 0 Å². The third-order valence-corrected chi connectivity index (χ3v) is 7.60. The Morgan fingerprint density at radius 2 is 1.91 bits per heavy atom. The lowest BCUT2D eigenvalue weighted by molar-refractivity contribution is 0.0118. The first-order valence-electron chi connectivity index (χ1n) is 10.9. The van der Waals surface area contributed by atoms with Crippen molar-refractivity contribution in [3.63, 3.8) is 0 Å². The molecule has 10 heteroatoms. The van der Waals surface area contributed by atoms with Gasteiger partial charge in [-0.05, 0) is 52.7 Å². The molecule has 1 fully saturated rings. The molecule has 1 aromatic carbocycles. The van der Waals surface area contributed by atoms with Crippen LogP contribution in [0, 0.1) is 0 Å². The summed E-state index contributed by atoms with van der Waals surface area (Å²) in [5, 5.41) is 16.5. The number of benzene rings is 1. The van der Waals surface area contributed by atoms with Crippen LogP contribution in [-0.2, 0) is 7.05 Å². The van der Waals surface area contributed by atoms with E-state index in [4.69, 9.17) is 11.6 Å². The molecule has 8 nitrogen and oxygen atoms in total. The van der Waals surface area contributed by atoms with E-state index >= 15 is 0 Å². The lowest BCUT2D eigenvalue weighted by atomic mass is 9.84. The van der Waals surface area contributed by atoms with Crippen molar-refractivity contribution in [2.75, 3.05) is 18.0 Å². The molecular formula is C23H29ClN6O2S. The molecule has 0 saturated carbocycles. The van der Waals surface area contributed by atoms with E-state index in [9.17, 15) is 9.90 Å². The van der Waals surface area contributed by atoms with Crippen LogP contribution in [0.4, 0.5) is 10.6 Å². The van der Waals surface area contributed by atoms with Gasteiger partial charge in [0, 0.05) is 47.7 Å². The van der Waals surface area contributed by atoms with Crippen LogP contribution in [-0.4, -0.2) is 60.0 Å². The highest BCUT2D eigenvalue weighted by molar-refractivity contribution is 7.99. The Kier molecular flexibility index (Phi) is 6.22. The average molecular weight is 489 g/mol. The Bertz CT molecular complexity index is 1170. The second-order valence-electron chi connectivity index (χ2n) is 9.70. The van der Waals surface area contributed by atoms with Gasteiger partial charge in [-0.2, -0.15) is 5.10 Å². The first kappa shape index (κ1) is 23.6. The number of hydrogen-bond donors (Lipinski definition) is 1. The molecule has 1 aliphatic heterocycles. The zero-order valence-electron chi connectivity index (χ0n) is 19.5. The zero-order valence-corrected chi connectivity index (χ0v) is 21.1. The number of anilines is 1. The topological polar surface area (TPSA) is 87.4 Å². The van der Waals surface area contributed by atoms with E-state index in [1.165, 1.54) is 11.8 Å². The fourth-order valence-corrected chi connectivity index (χ4v) is 5.74. The number of fused-ring (bicyclic) bond motifs is 1. The first-order chi connectivity index (χ1) is 15.5. The number of nitrogens with zero attached hydrogens (tertiary/aromatic N) is 6. The predicted molar refractivity (Wildman–Crippen MR) is 131 cm³/mol. The molecule has 1 saturated heterocycles. The molecule has 2 aromatic heterocycles. The van der Waals surface area contributed by atoms with E-state index in [1.54, 1.807) is 22.0 Å². The number of hydrogen-bond acceptors (Lipinski definition) is 6. The molecule has 0 spiro atoms. The van der Waals surface area contributed by atoms with Crippen molar-refractivity contribution in [2.24, 2.45) is 7.05 Å².